The van der Waals surface area contributed by atoms with Gasteiger partial charge in [0, 0.05) is 12.8 Å². The molecule has 0 aliphatic rings. The minimum Gasteiger partial charge on any atom is -0.465 e. The lowest BCUT2D eigenvalue weighted by Crippen LogP contribution is -2.13. The van der Waals surface area contributed by atoms with Crippen molar-refractivity contribution in [1.29, 1.82) is 0 Å². The van der Waals surface area contributed by atoms with Crippen LogP contribution in [0.2, 0.25) is 0 Å². The van der Waals surface area contributed by atoms with Crippen LogP contribution in [0, 0.1) is 5.92 Å². The number of unbranched alkanes of at least 4 members (excludes halogenated alkanes) is 21. The van der Waals surface area contributed by atoms with Gasteiger partial charge < -0.3 is 9.47 Å². The predicted molar refractivity (Wildman–Crippen MR) is 172 cm³/mol. The number of hydrogen-bond acceptors (Lipinski definition) is 4. The van der Waals surface area contributed by atoms with Crippen molar-refractivity contribution in [2.75, 3.05) is 6.61 Å². The first-order valence-corrected chi connectivity index (χ1v) is 17.8. The van der Waals surface area contributed by atoms with Gasteiger partial charge in [-0.2, -0.15) is 0 Å². The van der Waals surface area contributed by atoms with Crippen LogP contribution >= 0.6 is 0 Å². The molecule has 0 heterocycles. The minimum atomic E-state index is -0.0388. The average molecular weight is 567 g/mol. The van der Waals surface area contributed by atoms with Crippen LogP contribution in [-0.2, 0) is 19.1 Å². The molecule has 0 aromatic carbocycles. The standard InChI is InChI=1S/C36H70O4/c1-5-7-29-34(6-2)32-39-35(37)30-27-25-23-21-19-17-15-13-11-9-8-10-12-14-16-18-20-22-24-26-28-31-36(38)40-33(3)4/h33-34H,5-32H2,1-4H3. The third-order valence-corrected chi connectivity index (χ3v) is 8.15. The van der Waals surface area contributed by atoms with E-state index in [9.17, 15) is 9.59 Å². The van der Waals surface area contributed by atoms with E-state index in [4.69, 9.17) is 9.47 Å². The van der Waals surface area contributed by atoms with E-state index in [-0.39, 0.29) is 18.0 Å². The molecule has 0 rings (SSSR count). The maximum absolute atomic E-state index is 11.9. The van der Waals surface area contributed by atoms with Gasteiger partial charge in [0.1, 0.15) is 0 Å². The largest absolute Gasteiger partial charge is 0.465 e. The van der Waals surface area contributed by atoms with Gasteiger partial charge in [-0.05, 0) is 39.0 Å². The second-order valence-electron chi connectivity index (χ2n) is 12.6. The van der Waals surface area contributed by atoms with Crippen LogP contribution in [-0.4, -0.2) is 24.6 Å². The topological polar surface area (TPSA) is 52.6 Å². The van der Waals surface area contributed by atoms with E-state index >= 15 is 0 Å². The van der Waals surface area contributed by atoms with Crippen molar-refractivity contribution in [3.05, 3.63) is 0 Å². The maximum atomic E-state index is 11.9. The van der Waals surface area contributed by atoms with Crippen molar-refractivity contribution in [3.63, 3.8) is 0 Å². The van der Waals surface area contributed by atoms with Gasteiger partial charge in [-0.25, -0.2) is 0 Å². The molecule has 1 unspecified atom stereocenters. The zero-order chi connectivity index (χ0) is 29.5. The van der Waals surface area contributed by atoms with E-state index in [2.05, 4.69) is 13.8 Å². The predicted octanol–water partition coefficient (Wildman–Crippen LogP) is 11.7. The Morgan fingerprint density at radius 3 is 1.18 bits per heavy atom. The minimum absolute atomic E-state index is 0.0109. The highest BCUT2D eigenvalue weighted by atomic mass is 16.5. The summed E-state index contributed by atoms with van der Waals surface area (Å²) in [5.41, 5.74) is 0. The highest BCUT2D eigenvalue weighted by Gasteiger charge is 2.10. The Kier molecular flexibility index (Phi) is 30.1. The van der Waals surface area contributed by atoms with Crippen molar-refractivity contribution in [2.45, 2.75) is 207 Å². The molecule has 4 nitrogen and oxygen atoms in total. The molecular formula is C36H70O4. The summed E-state index contributed by atoms with van der Waals surface area (Å²) < 4.78 is 10.7. The summed E-state index contributed by atoms with van der Waals surface area (Å²) in [5.74, 6) is 0.521. The number of hydrogen-bond donors (Lipinski definition) is 0. The van der Waals surface area contributed by atoms with Crippen molar-refractivity contribution in [2.24, 2.45) is 5.92 Å². The Hall–Kier alpha value is -1.06. The molecule has 0 aliphatic heterocycles. The van der Waals surface area contributed by atoms with Crippen LogP contribution < -0.4 is 0 Å². The lowest BCUT2D eigenvalue weighted by molar-refractivity contribution is -0.147. The van der Waals surface area contributed by atoms with Crippen LogP contribution in [0.1, 0.15) is 201 Å². The number of esters is 2. The summed E-state index contributed by atoms with van der Waals surface area (Å²) in [4.78, 5) is 23.4. The monoisotopic (exact) mass is 567 g/mol. The number of rotatable bonds is 31. The van der Waals surface area contributed by atoms with Crippen molar-refractivity contribution < 1.29 is 19.1 Å². The summed E-state index contributed by atoms with van der Waals surface area (Å²) in [6.45, 7) is 8.86. The van der Waals surface area contributed by atoms with E-state index in [1.165, 1.54) is 135 Å². The Balaban J connectivity index is 3.22. The Morgan fingerprint density at radius 1 is 0.500 bits per heavy atom. The Morgan fingerprint density at radius 2 is 0.850 bits per heavy atom. The summed E-state index contributed by atoms with van der Waals surface area (Å²) in [7, 11) is 0. The molecule has 0 aliphatic carbocycles. The SMILES string of the molecule is CCCCC(CC)COC(=O)CCCCCCCCCCCCCCCCCCCCCCCC(=O)OC(C)C. The van der Waals surface area contributed by atoms with Crippen LogP contribution in [0.15, 0.2) is 0 Å². The van der Waals surface area contributed by atoms with Crippen LogP contribution in [0.4, 0.5) is 0 Å². The second-order valence-corrected chi connectivity index (χ2v) is 12.6. The average Bonchev–Trinajstić information content (AvgIpc) is 2.93. The molecule has 0 aromatic heterocycles. The molecule has 0 aromatic rings. The van der Waals surface area contributed by atoms with E-state index in [0.717, 1.165) is 25.7 Å². The van der Waals surface area contributed by atoms with Gasteiger partial charge in [0.15, 0.2) is 0 Å². The van der Waals surface area contributed by atoms with Gasteiger partial charge in [-0.1, -0.05) is 155 Å². The molecule has 0 fully saturated rings. The van der Waals surface area contributed by atoms with Crippen molar-refractivity contribution in [3.8, 4) is 0 Å². The highest BCUT2D eigenvalue weighted by molar-refractivity contribution is 5.69. The molecule has 238 valence electrons. The molecular weight excluding hydrogens is 496 g/mol. The third-order valence-electron chi connectivity index (χ3n) is 8.15. The summed E-state index contributed by atoms with van der Waals surface area (Å²) in [6, 6.07) is 0. The molecule has 1 atom stereocenters. The van der Waals surface area contributed by atoms with Crippen LogP contribution in [0.3, 0.4) is 0 Å². The molecule has 0 radical (unpaired) electrons. The fourth-order valence-corrected chi connectivity index (χ4v) is 5.40. The van der Waals surface area contributed by atoms with Crippen molar-refractivity contribution in [1.82, 2.24) is 0 Å². The number of carbonyl (C=O) groups is 2. The molecule has 0 N–H and O–H groups in total. The first-order chi connectivity index (χ1) is 19.5. The molecule has 0 saturated carbocycles. The van der Waals surface area contributed by atoms with Gasteiger partial charge in [0.2, 0.25) is 0 Å². The van der Waals surface area contributed by atoms with Gasteiger partial charge in [0.25, 0.3) is 0 Å². The van der Waals surface area contributed by atoms with Crippen LogP contribution in [0.5, 0.6) is 0 Å². The van der Waals surface area contributed by atoms with Gasteiger partial charge in [-0.15, -0.1) is 0 Å². The van der Waals surface area contributed by atoms with Gasteiger partial charge in [-0.3, -0.25) is 9.59 Å². The van der Waals surface area contributed by atoms with E-state index in [1.807, 2.05) is 13.8 Å². The zero-order valence-electron chi connectivity index (χ0n) is 27.6. The molecule has 0 bridgehead atoms. The smallest absolute Gasteiger partial charge is 0.306 e. The van der Waals surface area contributed by atoms with E-state index < -0.39 is 0 Å². The second kappa shape index (κ2) is 30.9. The Bertz CT molecular complexity index is 545. The lowest BCUT2D eigenvalue weighted by atomic mass is 10.0. The fourth-order valence-electron chi connectivity index (χ4n) is 5.40. The molecule has 0 spiro atoms. The third kappa shape index (κ3) is 29.9. The van der Waals surface area contributed by atoms with E-state index in [0.29, 0.717) is 25.4 Å². The highest BCUT2D eigenvalue weighted by Crippen LogP contribution is 2.16. The van der Waals surface area contributed by atoms with E-state index in [1.54, 1.807) is 0 Å². The molecule has 4 heteroatoms. The number of carbonyl (C=O) groups excluding carboxylic acids is 2. The first kappa shape index (κ1) is 38.9. The zero-order valence-corrected chi connectivity index (χ0v) is 27.6. The normalized spacial score (nSPS) is 12.1. The fraction of sp³-hybridized carbons (Fsp3) is 0.944. The van der Waals surface area contributed by atoms with Crippen molar-refractivity contribution >= 4 is 11.9 Å². The van der Waals surface area contributed by atoms with Gasteiger partial charge >= 0.3 is 11.9 Å². The molecule has 40 heavy (non-hydrogen) atoms. The maximum Gasteiger partial charge on any atom is 0.306 e. The summed E-state index contributed by atoms with van der Waals surface area (Å²) >= 11 is 0. The first-order valence-electron chi connectivity index (χ1n) is 17.8. The van der Waals surface area contributed by atoms with Gasteiger partial charge in [0.05, 0.1) is 12.7 Å². The quantitative estimate of drug-likeness (QED) is 0.0618. The lowest BCUT2D eigenvalue weighted by Gasteiger charge is -2.14. The Labute approximate surface area is 250 Å². The molecule has 0 amide bonds. The summed E-state index contributed by atoms with van der Waals surface area (Å²) in [6.07, 6.45) is 33.5. The summed E-state index contributed by atoms with van der Waals surface area (Å²) in [5, 5.41) is 0. The van der Waals surface area contributed by atoms with Crippen LogP contribution in [0.25, 0.3) is 0 Å². The molecule has 0 saturated heterocycles. The number of ether oxygens (including phenoxy) is 2.